The molecule has 0 atom stereocenters. The van der Waals surface area contributed by atoms with Crippen molar-refractivity contribution < 1.29 is 5.11 Å². The van der Waals surface area contributed by atoms with Crippen LogP contribution in [0.2, 0.25) is 0 Å². The van der Waals surface area contributed by atoms with Crippen molar-refractivity contribution in [2.24, 2.45) is 0 Å². The number of benzene rings is 2. The van der Waals surface area contributed by atoms with Crippen LogP contribution in [0.1, 0.15) is 16.8 Å². The van der Waals surface area contributed by atoms with Crippen molar-refractivity contribution in [2.45, 2.75) is 5.60 Å². The molecule has 3 rings (SSSR count). The topological polar surface area (TPSA) is 46.0 Å². The van der Waals surface area contributed by atoms with Crippen molar-refractivity contribution in [3.8, 4) is 0 Å². The SMILES string of the molecule is OC(c1ccccc1)(c1ccccc1)c1nccnc1I. The fourth-order valence-corrected chi connectivity index (χ4v) is 3.05. The van der Waals surface area contributed by atoms with E-state index in [2.05, 4.69) is 32.6 Å². The summed E-state index contributed by atoms with van der Waals surface area (Å²) in [6.07, 6.45) is 3.23. The normalized spacial score (nSPS) is 11.3. The number of nitrogens with zero attached hydrogens (tertiary/aromatic N) is 2. The Morgan fingerprint density at radius 3 is 1.71 bits per heavy atom. The van der Waals surface area contributed by atoms with Crippen molar-refractivity contribution in [1.29, 1.82) is 0 Å². The monoisotopic (exact) mass is 388 g/mol. The van der Waals surface area contributed by atoms with E-state index in [0.29, 0.717) is 9.39 Å². The van der Waals surface area contributed by atoms with E-state index in [4.69, 9.17) is 0 Å². The largest absolute Gasteiger partial charge is 0.374 e. The van der Waals surface area contributed by atoms with Gasteiger partial charge in [-0.2, -0.15) is 0 Å². The van der Waals surface area contributed by atoms with Gasteiger partial charge < -0.3 is 5.11 Å². The Hall–Kier alpha value is -1.79. The summed E-state index contributed by atoms with van der Waals surface area (Å²) in [5, 5.41) is 11.5. The van der Waals surface area contributed by atoms with E-state index < -0.39 is 5.60 Å². The van der Waals surface area contributed by atoms with Gasteiger partial charge in [0, 0.05) is 12.4 Å². The molecule has 1 N–H and O–H groups in total. The summed E-state index contributed by atoms with van der Waals surface area (Å²) >= 11 is 2.11. The van der Waals surface area contributed by atoms with Crippen molar-refractivity contribution in [1.82, 2.24) is 9.97 Å². The number of rotatable bonds is 3. The molecular formula is C17H13IN2O. The summed E-state index contributed by atoms with van der Waals surface area (Å²) in [7, 11) is 0. The molecule has 3 nitrogen and oxygen atoms in total. The first-order valence-corrected chi connectivity index (χ1v) is 7.61. The molecule has 2 aromatic carbocycles. The number of halogens is 1. The minimum absolute atomic E-state index is 0.544. The second-order valence-electron chi connectivity index (χ2n) is 4.64. The molecule has 0 spiro atoms. The molecule has 0 aliphatic rings. The molecule has 104 valence electrons. The average Bonchev–Trinajstić information content (AvgIpc) is 2.56. The zero-order valence-electron chi connectivity index (χ0n) is 11.1. The first-order chi connectivity index (χ1) is 10.2. The molecule has 0 radical (unpaired) electrons. The number of hydrogen-bond donors (Lipinski definition) is 1. The van der Waals surface area contributed by atoms with Crippen LogP contribution in [0.4, 0.5) is 0 Å². The van der Waals surface area contributed by atoms with Crippen molar-refractivity contribution >= 4 is 22.6 Å². The lowest BCUT2D eigenvalue weighted by Gasteiger charge is -2.29. The van der Waals surface area contributed by atoms with Crippen LogP contribution < -0.4 is 0 Å². The Labute approximate surface area is 136 Å². The van der Waals surface area contributed by atoms with Crippen molar-refractivity contribution in [3.05, 3.63) is 93.6 Å². The van der Waals surface area contributed by atoms with E-state index >= 15 is 0 Å². The minimum atomic E-state index is -1.31. The van der Waals surface area contributed by atoms with Crippen LogP contribution in [-0.2, 0) is 5.60 Å². The summed E-state index contributed by atoms with van der Waals surface area (Å²) in [4.78, 5) is 8.64. The van der Waals surface area contributed by atoms with E-state index in [1.54, 1.807) is 12.4 Å². The molecule has 0 unspecified atom stereocenters. The molecule has 21 heavy (non-hydrogen) atoms. The fraction of sp³-hybridized carbons (Fsp3) is 0.0588. The van der Waals surface area contributed by atoms with E-state index in [-0.39, 0.29) is 0 Å². The summed E-state index contributed by atoms with van der Waals surface area (Å²) in [6, 6.07) is 19.1. The quantitative estimate of drug-likeness (QED) is 0.700. The maximum absolute atomic E-state index is 11.5. The summed E-state index contributed by atoms with van der Waals surface area (Å²) in [5.74, 6) is 0. The smallest absolute Gasteiger partial charge is 0.159 e. The first kappa shape index (κ1) is 14.2. The Bertz CT molecular complexity index is 693. The van der Waals surface area contributed by atoms with E-state index in [0.717, 1.165) is 11.1 Å². The molecule has 0 saturated heterocycles. The van der Waals surface area contributed by atoms with Crippen LogP contribution >= 0.6 is 22.6 Å². The Balaban J connectivity index is 2.29. The van der Waals surface area contributed by atoms with Crippen LogP contribution in [0, 0.1) is 3.70 Å². The second kappa shape index (κ2) is 5.91. The molecule has 0 amide bonds. The molecule has 0 aliphatic heterocycles. The lowest BCUT2D eigenvalue weighted by Crippen LogP contribution is -2.31. The van der Waals surface area contributed by atoms with Gasteiger partial charge in [-0.25, -0.2) is 4.98 Å². The minimum Gasteiger partial charge on any atom is -0.374 e. The van der Waals surface area contributed by atoms with Crippen molar-refractivity contribution in [3.63, 3.8) is 0 Å². The number of aliphatic hydroxyl groups is 1. The highest BCUT2D eigenvalue weighted by atomic mass is 127. The van der Waals surface area contributed by atoms with Crippen LogP contribution in [-0.4, -0.2) is 15.1 Å². The maximum atomic E-state index is 11.5. The van der Waals surface area contributed by atoms with E-state index in [9.17, 15) is 5.11 Å². The summed E-state index contributed by atoms with van der Waals surface area (Å²) in [5.41, 5.74) is 0.778. The fourth-order valence-electron chi connectivity index (χ4n) is 2.36. The molecule has 0 bridgehead atoms. The zero-order valence-corrected chi connectivity index (χ0v) is 13.3. The van der Waals surface area contributed by atoms with Gasteiger partial charge in [0.05, 0.1) is 0 Å². The van der Waals surface area contributed by atoms with Gasteiger partial charge in [0.25, 0.3) is 0 Å². The molecule has 4 heteroatoms. The van der Waals surface area contributed by atoms with Crippen LogP contribution in [0.5, 0.6) is 0 Å². The van der Waals surface area contributed by atoms with Gasteiger partial charge in [-0.1, -0.05) is 60.7 Å². The third-order valence-electron chi connectivity index (χ3n) is 3.38. The van der Waals surface area contributed by atoms with Gasteiger partial charge in [-0.15, -0.1) is 0 Å². The third-order valence-corrected chi connectivity index (χ3v) is 4.17. The molecule has 0 fully saturated rings. The van der Waals surface area contributed by atoms with Crippen molar-refractivity contribution in [2.75, 3.05) is 0 Å². The highest BCUT2D eigenvalue weighted by Gasteiger charge is 2.37. The highest BCUT2D eigenvalue weighted by Crippen LogP contribution is 2.36. The van der Waals surface area contributed by atoms with E-state index in [1.165, 1.54) is 0 Å². The Morgan fingerprint density at radius 1 is 0.762 bits per heavy atom. The van der Waals surface area contributed by atoms with Crippen LogP contribution in [0.15, 0.2) is 73.1 Å². The zero-order chi connectivity index (χ0) is 14.7. The highest BCUT2D eigenvalue weighted by molar-refractivity contribution is 14.1. The van der Waals surface area contributed by atoms with Gasteiger partial charge in [-0.05, 0) is 33.7 Å². The standard InChI is InChI=1S/C17H13IN2O/c18-16-15(19-11-12-20-16)17(21,13-7-3-1-4-8-13)14-9-5-2-6-10-14/h1-12,21H. The predicted octanol–water partition coefficient (Wildman–Crippen LogP) is 3.37. The van der Waals surface area contributed by atoms with Crippen LogP contribution in [0.3, 0.4) is 0 Å². The summed E-state index contributed by atoms with van der Waals surface area (Å²) < 4.78 is 0.685. The van der Waals surface area contributed by atoms with Gasteiger partial charge in [0.15, 0.2) is 5.60 Å². The maximum Gasteiger partial charge on any atom is 0.159 e. The Morgan fingerprint density at radius 2 is 1.24 bits per heavy atom. The molecule has 0 saturated carbocycles. The van der Waals surface area contributed by atoms with Crippen LogP contribution in [0.25, 0.3) is 0 Å². The second-order valence-corrected chi connectivity index (χ2v) is 5.66. The Kier molecular flexibility index (Phi) is 3.98. The van der Waals surface area contributed by atoms with E-state index in [1.807, 2.05) is 60.7 Å². The molecule has 0 aliphatic carbocycles. The van der Waals surface area contributed by atoms with Gasteiger partial charge >= 0.3 is 0 Å². The van der Waals surface area contributed by atoms with Gasteiger partial charge in [0.1, 0.15) is 9.39 Å². The molecule has 1 aromatic heterocycles. The average molecular weight is 388 g/mol. The first-order valence-electron chi connectivity index (χ1n) is 6.53. The predicted molar refractivity (Wildman–Crippen MR) is 89.7 cm³/mol. The lowest BCUT2D eigenvalue weighted by atomic mass is 9.84. The number of hydrogen-bond acceptors (Lipinski definition) is 3. The molecule has 3 aromatic rings. The van der Waals surface area contributed by atoms with Gasteiger partial charge in [0.2, 0.25) is 0 Å². The number of aromatic nitrogens is 2. The third kappa shape index (κ3) is 2.56. The molecule has 1 heterocycles. The summed E-state index contributed by atoms with van der Waals surface area (Å²) in [6.45, 7) is 0. The van der Waals surface area contributed by atoms with Gasteiger partial charge in [-0.3, -0.25) is 4.98 Å². The lowest BCUT2D eigenvalue weighted by molar-refractivity contribution is 0.119. The molecular weight excluding hydrogens is 375 g/mol.